The smallest absolute Gasteiger partial charge is 0.311 e. The van der Waals surface area contributed by atoms with Gasteiger partial charge in [0.15, 0.2) is 12.4 Å². The number of rotatable bonds is 7. The Bertz CT molecular complexity index is 775. The van der Waals surface area contributed by atoms with Crippen LogP contribution in [0.4, 0.5) is 5.69 Å². The van der Waals surface area contributed by atoms with Crippen LogP contribution in [0.1, 0.15) is 24.0 Å². The highest BCUT2D eigenvalue weighted by Crippen LogP contribution is 2.27. The summed E-state index contributed by atoms with van der Waals surface area (Å²) in [5.74, 6) is -0.403. The molecule has 1 atom stereocenters. The molecule has 0 aliphatic carbocycles. The molecule has 0 saturated carbocycles. The Morgan fingerprint density at radius 3 is 2.72 bits per heavy atom. The normalized spacial score (nSPS) is 11.9. The first-order chi connectivity index (χ1) is 12.0. The van der Waals surface area contributed by atoms with Crippen LogP contribution in [0.5, 0.6) is 5.75 Å². The van der Waals surface area contributed by atoms with Gasteiger partial charge in [-0.05, 0) is 24.1 Å². The van der Waals surface area contributed by atoms with Crippen LogP contribution < -0.4 is 10.2 Å². The van der Waals surface area contributed by atoms with Gasteiger partial charge in [0.05, 0.1) is 4.92 Å². The van der Waals surface area contributed by atoms with E-state index in [1.54, 1.807) is 19.2 Å². The molecule has 25 heavy (non-hydrogen) atoms. The predicted molar refractivity (Wildman–Crippen MR) is 94.8 cm³/mol. The van der Waals surface area contributed by atoms with Gasteiger partial charge in [-0.3, -0.25) is 14.9 Å². The Hall–Kier alpha value is -3.22. The molecule has 7 heteroatoms. The molecule has 130 valence electrons. The maximum Gasteiger partial charge on any atom is 0.311 e. The first-order valence-corrected chi connectivity index (χ1v) is 7.72. The van der Waals surface area contributed by atoms with E-state index in [1.165, 1.54) is 12.1 Å². The highest BCUT2D eigenvalue weighted by atomic mass is 16.6. The molecular weight excluding hydrogens is 322 g/mol. The maximum absolute atomic E-state index is 11.8. The van der Waals surface area contributed by atoms with Crippen molar-refractivity contribution in [2.75, 3.05) is 6.61 Å². The van der Waals surface area contributed by atoms with Gasteiger partial charge in [-0.15, -0.1) is 0 Å². The Morgan fingerprint density at radius 1 is 1.32 bits per heavy atom. The van der Waals surface area contributed by atoms with E-state index in [1.807, 2.05) is 37.3 Å². The molecule has 0 heterocycles. The number of nitro benzene ring substituents is 1. The van der Waals surface area contributed by atoms with E-state index in [0.29, 0.717) is 0 Å². The van der Waals surface area contributed by atoms with Gasteiger partial charge in [0.25, 0.3) is 5.91 Å². The number of benzene rings is 2. The van der Waals surface area contributed by atoms with E-state index in [-0.39, 0.29) is 24.0 Å². The molecule has 0 aliphatic heterocycles. The predicted octanol–water partition coefficient (Wildman–Crippen LogP) is 3.19. The van der Waals surface area contributed by atoms with Crippen molar-refractivity contribution in [3.63, 3.8) is 0 Å². The van der Waals surface area contributed by atoms with Crippen LogP contribution in [-0.4, -0.2) is 23.7 Å². The lowest BCUT2D eigenvalue weighted by Gasteiger charge is -2.07. The number of nitro groups is 1. The summed E-state index contributed by atoms with van der Waals surface area (Å²) in [7, 11) is 0. The molecule has 1 amide bonds. The molecule has 7 nitrogen and oxygen atoms in total. The topological polar surface area (TPSA) is 93.8 Å². The number of hydrogen-bond donors (Lipinski definition) is 1. The van der Waals surface area contributed by atoms with Crippen molar-refractivity contribution in [3.8, 4) is 5.75 Å². The van der Waals surface area contributed by atoms with Crippen molar-refractivity contribution < 1.29 is 14.5 Å². The van der Waals surface area contributed by atoms with E-state index >= 15 is 0 Å². The summed E-state index contributed by atoms with van der Waals surface area (Å²) in [5, 5.41) is 14.9. The molecule has 0 radical (unpaired) electrons. The fraction of sp³-hybridized carbons (Fsp3) is 0.222. The molecule has 2 aromatic carbocycles. The summed E-state index contributed by atoms with van der Waals surface area (Å²) in [5.41, 5.74) is 3.99. The van der Waals surface area contributed by atoms with Crippen LogP contribution in [0.15, 0.2) is 53.6 Å². The quantitative estimate of drug-likeness (QED) is 0.475. The van der Waals surface area contributed by atoms with Crippen molar-refractivity contribution in [1.29, 1.82) is 0 Å². The molecule has 2 rings (SSSR count). The van der Waals surface area contributed by atoms with Crippen LogP contribution >= 0.6 is 0 Å². The van der Waals surface area contributed by atoms with Crippen LogP contribution in [-0.2, 0) is 4.79 Å². The van der Waals surface area contributed by atoms with E-state index < -0.39 is 10.8 Å². The monoisotopic (exact) mass is 341 g/mol. The van der Waals surface area contributed by atoms with Gasteiger partial charge < -0.3 is 4.74 Å². The number of hydrogen-bond acceptors (Lipinski definition) is 5. The molecule has 0 spiro atoms. The Labute approximate surface area is 145 Å². The summed E-state index contributed by atoms with van der Waals surface area (Å²) in [4.78, 5) is 22.2. The zero-order valence-corrected chi connectivity index (χ0v) is 14.0. The molecule has 0 aromatic heterocycles. The number of nitrogens with zero attached hydrogens (tertiary/aromatic N) is 2. The lowest BCUT2D eigenvalue weighted by molar-refractivity contribution is -0.385. The molecule has 0 unspecified atom stereocenters. The summed E-state index contributed by atoms with van der Waals surface area (Å²) in [6.45, 7) is 3.34. The Morgan fingerprint density at radius 2 is 2.04 bits per heavy atom. The first-order valence-electron chi connectivity index (χ1n) is 7.72. The van der Waals surface area contributed by atoms with Crippen molar-refractivity contribution >= 4 is 17.8 Å². The maximum atomic E-state index is 11.8. The number of carbonyl (C=O) groups excluding carboxylic acids is 1. The van der Waals surface area contributed by atoms with Crippen molar-refractivity contribution in [2.24, 2.45) is 5.10 Å². The summed E-state index contributed by atoms with van der Waals surface area (Å²) >= 11 is 0. The second-order valence-electron chi connectivity index (χ2n) is 5.53. The van der Waals surface area contributed by atoms with Crippen molar-refractivity contribution in [3.05, 3.63) is 69.8 Å². The summed E-state index contributed by atoms with van der Waals surface area (Å²) < 4.78 is 5.23. The zero-order chi connectivity index (χ0) is 18.2. The van der Waals surface area contributed by atoms with Crippen molar-refractivity contribution in [1.82, 2.24) is 5.43 Å². The lowest BCUT2D eigenvalue weighted by Crippen LogP contribution is -2.25. The van der Waals surface area contributed by atoms with Gasteiger partial charge in [0, 0.05) is 18.2 Å². The third-order valence-electron chi connectivity index (χ3n) is 3.48. The molecule has 1 N–H and O–H groups in total. The van der Waals surface area contributed by atoms with Gasteiger partial charge in [-0.25, -0.2) is 5.43 Å². The van der Waals surface area contributed by atoms with Crippen LogP contribution in [0.3, 0.4) is 0 Å². The number of nitrogens with one attached hydrogen (secondary N) is 1. The highest BCUT2D eigenvalue weighted by Gasteiger charge is 2.16. The molecule has 0 aliphatic rings. The fourth-order valence-corrected chi connectivity index (χ4v) is 2.13. The number of aryl methyl sites for hydroxylation is 1. The van der Waals surface area contributed by atoms with E-state index in [2.05, 4.69) is 10.5 Å². The van der Waals surface area contributed by atoms with E-state index in [0.717, 1.165) is 11.1 Å². The third-order valence-corrected chi connectivity index (χ3v) is 3.48. The minimum Gasteiger partial charge on any atom is -0.477 e. The van der Waals surface area contributed by atoms with Gasteiger partial charge in [-0.1, -0.05) is 43.3 Å². The van der Waals surface area contributed by atoms with Crippen molar-refractivity contribution in [2.45, 2.75) is 19.8 Å². The number of carbonyl (C=O) groups is 1. The number of ether oxygens (including phenoxy) is 1. The second-order valence-corrected chi connectivity index (χ2v) is 5.53. The minimum absolute atomic E-state index is 0.0422. The minimum atomic E-state index is -0.542. The first kappa shape index (κ1) is 18.1. The molecule has 0 bridgehead atoms. The zero-order valence-electron chi connectivity index (χ0n) is 14.0. The van der Waals surface area contributed by atoms with Crippen LogP contribution in [0.2, 0.25) is 0 Å². The lowest BCUT2D eigenvalue weighted by atomic mass is 10.0. The standard InChI is InChI=1S/C18H19N3O4/c1-13-8-9-17(16(10-13)21(23)24)25-12-18(22)20-19-11-14(2)15-6-4-3-5-7-15/h3-11,14H,12H2,1-2H3,(H,20,22)/b19-11-/t14-/m0/s1. The van der Waals surface area contributed by atoms with Gasteiger partial charge in [0.2, 0.25) is 0 Å². The second kappa shape index (κ2) is 8.58. The van der Waals surface area contributed by atoms with E-state index in [4.69, 9.17) is 4.74 Å². The largest absolute Gasteiger partial charge is 0.477 e. The Balaban J connectivity index is 1.87. The SMILES string of the molecule is Cc1ccc(OCC(=O)N/N=C\[C@H](C)c2ccccc2)c([N+](=O)[O-])c1. The molecule has 2 aromatic rings. The number of hydrazone groups is 1. The Kier molecular flexibility index (Phi) is 6.22. The average molecular weight is 341 g/mol. The summed E-state index contributed by atoms with van der Waals surface area (Å²) in [6.07, 6.45) is 1.61. The average Bonchev–Trinajstić information content (AvgIpc) is 2.61. The van der Waals surface area contributed by atoms with E-state index in [9.17, 15) is 14.9 Å². The van der Waals surface area contributed by atoms with Gasteiger partial charge in [0.1, 0.15) is 0 Å². The molecule has 0 fully saturated rings. The summed E-state index contributed by atoms with van der Waals surface area (Å²) in [6, 6.07) is 14.3. The molecule has 0 saturated heterocycles. The fourth-order valence-electron chi connectivity index (χ4n) is 2.13. The van der Waals surface area contributed by atoms with Crippen LogP contribution in [0.25, 0.3) is 0 Å². The molecular formula is C18H19N3O4. The number of amides is 1. The highest BCUT2D eigenvalue weighted by molar-refractivity contribution is 5.79. The third kappa shape index (κ3) is 5.42. The van der Waals surface area contributed by atoms with Gasteiger partial charge >= 0.3 is 5.69 Å². The van der Waals surface area contributed by atoms with Crippen LogP contribution in [0, 0.1) is 17.0 Å². The van der Waals surface area contributed by atoms with Gasteiger partial charge in [-0.2, -0.15) is 5.10 Å².